The SMILES string of the molecule is COC(CN)C(=O)Nc1cc(Cl)c(C)cc1Br. The first-order valence-corrected chi connectivity index (χ1v) is 6.16. The van der Waals surface area contributed by atoms with E-state index in [1.807, 2.05) is 13.0 Å². The van der Waals surface area contributed by atoms with E-state index < -0.39 is 6.10 Å². The number of nitrogens with one attached hydrogen (secondary N) is 1. The minimum Gasteiger partial charge on any atom is -0.370 e. The van der Waals surface area contributed by atoms with Gasteiger partial charge in [0, 0.05) is 23.1 Å². The first kappa shape index (κ1) is 14.4. The molecule has 94 valence electrons. The van der Waals surface area contributed by atoms with E-state index in [2.05, 4.69) is 21.2 Å². The van der Waals surface area contributed by atoms with Crippen molar-refractivity contribution in [1.29, 1.82) is 0 Å². The summed E-state index contributed by atoms with van der Waals surface area (Å²) in [7, 11) is 1.44. The molecule has 0 spiro atoms. The summed E-state index contributed by atoms with van der Waals surface area (Å²) in [5.74, 6) is -0.296. The number of nitrogens with two attached hydrogens (primary N) is 1. The van der Waals surface area contributed by atoms with E-state index in [1.54, 1.807) is 6.07 Å². The van der Waals surface area contributed by atoms with Gasteiger partial charge in [-0.25, -0.2) is 0 Å². The number of anilines is 1. The van der Waals surface area contributed by atoms with Crippen molar-refractivity contribution < 1.29 is 9.53 Å². The summed E-state index contributed by atoms with van der Waals surface area (Å²) in [6.07, 6.45) is -0.665. The van der Waals surface area contributed by atoms with Crippen molar-refractivity contribution in [3.05, 3.63) is 27.2 Å². The minimum atomic E-state index is -0.665. The fraction of sp³-hybridized carbons (Fsp3) is 0.364. The number of benzene rings is 1. The molecule has 1 unspecified atom stereocenters. The van der Waals surface area contributed by atoms with Gasteiger partial charge >= 0.3 is 0 Å². The third-order valence-electron chi connectivity index (χ3n) is 2.30. The van der Waals surface area contributed by atoms with Crippen LogP contribution in [0.25, 0.3) is 0 Å². The van der Waals surface area contributed by atoms with Gasteiger partial charge in [0.25, 0.3) is 5.91 Å². The lowest BCUT2D eigenvalue weighted by atomic mass is 10.2. The fourth-order valence-corrected chi connectivity index (χ4v) is 1.99. The van der Waals surface area contributed by atoms with Crippen LogP contribution in [-0.4, -0.2) is 25.7 Å². The monoisotopic (exact) mass is 320 g/mol. The van der Waals surface area contributed by atoms with Crippen LogP contribution in [0.2, 0.25) is 5.02 Å². The Labute approximate surface area is 114 Å². The molecule has 0 heterocycles. The second-order valence-corrected chi connectivity index (χ2v) is 4.79. The highest BCUT2D eigenvalue weighted by atomic mass is 79.9. The van der Waals surface area contributed by atoms with Crippen molar-refractivity contribution in [3.8, 4) is 0 Å². The first-order chi connectivity index (χ1) is 7.99. The van der Waals surface area contributed by atoms with E-state index in [1.165, 1.54) is 7.11 Å². The lowest BCUT2D eigenvalue weighted by molar-refractivity contribution is -0.125. The van der Waals surface area contributed by atoms with Crippen LogP contribution in [0.4, 0.5) is 5.69 Å². The van der Waals surface area contributed by atoms with E-state index in [4.69, 9.17) is 22.1 Å². The third kappa shape index (κ3) is 3.67. The Kier molecular flexibility index (Phi) is 5.39. The van der Waals surface area contributed by atoms with Gasteiger partial charge in [-0.1, -0.05) is 11.6 Å². The Balaban J connectivity index is 2.88. The van der Waals surface area contributed by atoms with Crippen molar-refractivity contribution >= 4 is 39.1 Å². The molecule has 0 aromatic heterocycles. The molecule has 0 saturated heterocycles. The Hall–Kier alpha value is -0.620. The van der Waals surface area contributed by atoms with E-state index in [0.29, 0.717) is 10.7 Å². The van der Waals surface area contributed by atoms with Crippen LogP contribution in [0, 0.1) is 6.92 Å². The number of carbonyl (C=O) groups is 1. The van der Waals surface area contributed by atoms with Crippen molar-refractivity contribution in [1.82, 2.24) is 0 Å². The molecule has 0 saturated carbocycles. The number of hydrogen-bond acceptors (Lipinski definition) is 3. The number of ether oxygens (including phenoxy) is 1. The molecular formula is C11H14BrClN2O2. The van der Waals surface area contributed by atoms with Gasteiger partial charge in [-0.3, -0.25) is 4.79 Å². The van der Waals surface area contributed by atoms with Crippen molar-refractivity contribution in [2.75, 3.05) is 19.0 Å². The summed E-state index contributed by atoms with van der Waals surface area (Å²) in [6.45, 7) is 2.01. The van der Waals surface area contributed by atoms with Crippen molar-refractivity contribution in [3.63, 3.8) is 0 Å². The Bertz CT molecular complexity index is 422. The zero-order chi connectivity index (χ0) is 13.0. The number of hydrogen-bond donors (Lipinski definition) is 2. The Morgan fingerprint density at radius 2 is 2.29 bits per heavy atom. The van der Waals surface area contributed by atoms with Gasteiger partial charge in [0.2, 0.25) is 0 Å². The summed E-state index contributed by atoms with van der Waals surface area (Å²) < 4.78 is 5.71. The highest BCUT2D eigenvalue weighted by molar-refractivity contribution is 9.10. The van der Waals surface area contributed by atoms with Gasteiger partial charge in [0.15, 0.2) is 0 Å². The first-order valence-electron chi connectivity index (χ1n) is 4.99. The van der Waals surface area contributed by atoms with Crippen molar-refractivity contribution in [2.45, 2.75) is 13.0 Å². The maximum Gasteiger partial charge on any atom is 0.254 e. The quantitative estimate of drug-likeness (QED) is 0.894. The highest BCUT2D eigenvalue weighted by Crippen LogP contribution is 2.29. The van der Waals surface area contributed by atoms with E-state index in [-0.39, 0.29) is 12.5 Å². The third-order valence-corrected chi connectivity index (χ3v) is 3.36. The molecule has 6 heteroatoms. The van der Waals surface area contributed by atoms with Gasteiger partial charge < -0.3 is 15.8 Å². The topological polar surface area (TPSA) is 64.3 Å². The zero-order valence-electron chi connectivity index (χ0n) is 9.59. The van der Waals surface area contributed by atoms with Crippen LogP contribution in [0.15, 0.2) is 16.6 Å². The Morgan fingerprint density at radius 1 is 1.65 bits per heavy atom. The molecule has 0 radical (unpaired) electrons. The maximum atomic E-state index is 11.7. The molecule has 1 amide bonds. The lowest BCUT2D eigenvalue weighted by Crippen LogP contribution is -2.36. The predicted octanol–water partition coefficient (Wildman–Crippen LogP) is 2.32. The van der Waals surface area contributed by atoms with Crippen LogP contribution in [0.3, 0.4) is 0 Å². The Morgan fingerprint density at radius 3 is 2.82 bits per heavy atom. The molecule has 0 aliphatic carbocycles. The molecule has 1 rings (SSSR count). The van der Waals surface area contributed by atoms with Gasteiger partial charge in [-0.15, -0.1) is 0 Å². The zero-order valence-corrected chi connectivity index (χ0v) is 11.9. The molecule has 1 aromatic rings. The second-order valence-electron chi connectivity index (χ2n) is 3.53. The van der Waals surface area contributed by atoms with Crippen LogP contribution in [0.5, 0.6) is 0 Å². The fourth-order valence-electron chi connectivity index (χ4n) is 1.27. The van der Waals surface area contributed by atoms with Gasteiger partial charge in [-0.2, -0.15) is 0 Å². The van der Waals surface area contributed by atoms with E-state index >= 15 is 0 Å². The molecule has 1 aromatic carbocycles. The average molecular weight is 322 g/mol. The van der Waals surface area contributed by atoms with Gasteiger partial charge in [0.1, 0.15) is 6.10 Å². The molecule has 1 atom stereocenters. The number of methoxy groups -OCH3 is 1. The molecule has 17 heavy (non-hydrogen) atoms. The van der Waals surface area contributed by atoms with Crippen LogP contribution in [-0.2, 0) is 9.53 Å². The second kappa shape index (κ2) is 6.35. The largest absolute Gasteiger partial charge is 0.370 e. The van der Waals surface area contributed by atoms with E-state index in [0.717, 1.165) is 10.0 Å². The smallest absolute Gasteiger partial charge is 0.254 e. The van der Waals surface area contributed by atoms with Gasteiger partial charge in [-0.05, 0) is 40.5 Å². The molecule has 0 aliphatic heterocycles. The summed E-state index contributed by atoms with van der Waals surface area (Å²) in [4.78, 5) is 11.7. The number of halogens is 2. The summed E-state index contributed by atoms with van der Waals surface area (Å²) in [5.41, 5.74) is 6.93. The molecule has 0 bridgehead atoms. The molecule has 0 aliphatic rings. The minimum absolute atomic E-state index is 0.125. The van der Waals surface area contributed by atoms with Crippen LogP contribution >= 0.6 is 27.5 Å². The lowest BCUT2D eigenvalue weighted by Gasteiger charge is -2.14. The molecule has 3 N–H and O–H groups in total. The normalized spacial score (nSPS) is 12.3. The maximum absolute atomic E-state index is 11.7. The molecular weight excluding hydrogens is 307 g/mol. The summed E-state index contributed by atoms with van der Waals surface area (Å²) in [6, 6.07) is 3.52. The molecule has 4 nitrogen and oxygen atoms in total. The van der Waals surface area contributed by atoms with Crippen LogP contribution in [0.1, 0.15) is 5.56 Å². The molecule has 0 fully saturated rings. The van der Waals surface area contributed by atoms with Crippen molar-refractivity contribution in [2.24, 2.45) is 5.73 Å². The predicted molar refractivity (Wildman–Crippen MR) is 72.4 cm³/mol. The summed E-state index contributed by atoms with van der Waals surface area (Å²) in [5, 5.41) is 3.29. The number of amides is 1. The summed E-state index contributed by atoms with van der Waals surface area (Å²) >= 11 is 9.35. The van der Waals surface area contributed by atoms with Crippen LogP contribution < -0.4 is 11.1 Å². The highest BCUT2D eigenvalue weighted by Gasteiger charge is 2.17. The average Bonchev–Trinajstić information content (AvgIpc) is 2.27. The number of aryl methyl sites for hydroxylation is 1. The number of rotatable bonds is 4. The van der Waals surface area contributed by atoms with E-state index in [9.17, 15) is 4.79 Å². The number of carbonyl (C=O) groups excluding carboxylic acids is 1. The standard InChI is InChI=1S/C11H14BrClN2O2/c1-6-3-7(12)9(4-8(6)13)15-11(16)10(5-14)17-2/h3-4,10H,5,14H2,1-2H3,(H,15,16). The van der Waals surface area contributed by atoms with Gasteiger partial charge in [0.05, 0.1) is 5.69 Å².